The van der Waals surface area contributed by atoms with Gasteiger partial charge in [-0.2, -0.15) is 0 Å². The van der Waals surface area contributed by atoms with Crippen LogP contribution < -0.4 is 15.4 Å². The maximum atomic E-state index is 12.1. The fourth-order valence-electron chi connectivity index (χ4n) is 3.45. The average molecular weight is 403 g/mol. The Morgan fingerprint density at radius 3 is 2.50 bits per heavy atom. The molecule has 3 aromatic rings. The molecule has 1 saturated heterocycles. The van der Waals surface area contributed by atoms with Crippen LogP contribution >= 0.6 is 0 Å². The predicted molar refractivity (Wildman–Crippen MR) is 113 cm³/mol. The van der Waals surface area contributed by atoms with Gasteiger partial charge in [0.25, 0.3) is 11.8 Å². The Kier molecular flexibility index (Phi) is 5.10. The summed E-state index contributed by atoms with van der Waals surface area (Å²) >= 11 is 0. The van der Waals surface area contributed by atoms with E-state index in [1.165, 1.54) is 6.08 Å². The average Bonchev–Trinajstić information content (AvgIpc) is 3.05. The van der Waals surface area contributed by atoms with Crippen LogP contribution in [0.4, 0.5) is 4.79 Å². The molecule has 1 aliphatic heterocycles. The molecule has 4 amide bonds. The number of carbonyl (C=O) groups excluding carboxylic acids is 3. The van der Waals surface area contributed by atoms with E-state index < -0.39 is 17.8 Å². The zero-order valence-corrected chi connectivity index (χ0v) is 16.7. The number of nitrogens with zero attached hydrogens (tertiary/aromatic N) is 1. The molecule has 0 bridgehead atoms. The van der Waals surface area contributed by atoms with Gasteiger partial charge in [0.2, 0.25) is 0 Å². The van der Waals surface area contributed by atoms with Gasteiger partial charge < -0.3 is 9.30 Å². The lowest BCUT2D eigenvalue weighted by molar-refractivity contribution is -0.123. The number of hydrogen-bond donors (Lipinski definition) is 2. The van der Waals surface area contributed by atoms with Crippen LogP contribution in [0.5, 0.6) is 5.75 Å². The summed E-state index contributed by atoms with van der Waals surface area (Å²) in [6, 6.07) is 13.0. The lowest BCUT2D eigenvalue weighted by Gasteiger charge is -2.13. The normalized spacial score (nSPS) is 13.9. The third kappa shape index (κ3) is 3.82. The molecule has 0 aliphatic carbocycles. The summed E-state index contributed by atoms with van der Waals surface area (Å²) in [5.74, 6) is -0.563. The van der Waals surface area contributed by atoms with Crippen LogP contribution in [0, 0.1) is 13.8 Å². The van der Waals surface area contributed by atoms with E-state index >= 15 is 0 Å². The second-order valence-corrected chi connectivity index (χ2v) is 7.21. The molecule has 0 atom stereocenters. The molecule has 2 heterocycles. The zero-order valence-electron chi connectivity index (χ0n) is 16.7. The molecule has 0 spiro atoms. The van der Waals surface area contributed by atoms with E-state index in [9.17, 15) is 14.4 Å². The van der Waals surface area contributed by atoms with Crippen LogP contribution in [0.3, 0.4) is 0 Å². The summed E-state index contributed by atoms with van der Waals surface area (Å²) in [7, 11) is 0. The highest BCUT2D eigenvalue weighted by Gasteiger charge is 2.28. The molecule has 1 aliphatic rings. The molecule has 30 heavy (non-hydrogen) atoms. The van der Waals surface area contributed by atoms with Gasteiger partial charge >= 0.3 is 6.03 Å². The van der Waals surface area contributed by atoms with Gasteiger partial charge in [0.1, 0.15) is 17.9 Å². The highest BCUT2D eigenvalue weighted by molar-refractivity contribution is 6.31. The predicted octanol–water partition coefficient (Wildman–Crippen LogP) is 3.09. The number of nitrogens with one attached hydrogen (secondary N) is 2. The molecule has 0 unspecified atom stereocenters. The Labute approximate surface area is 173 Å². The minimum Gasteiger partial charge on any atom is -0.491 e. The standard InChI is InChI=1S/C23H21N3O4/c1-14-7-8-15(2)20(11-14)30-10-9-26-13-16(17-5-3-4-6-19(17)26)12-18-21(27)24-23(29)25-22(18)28/h3-8,11-13H,9-10H2,1-2H3,(H2,24,25,27,28,29). The Morgan fingerprint density at radius 1 is 1.00 bits per heavy atom. The van der Waals surface area contributed by atoms with Gasteiger partial charge in [-0.15, -0.1) is 0 Å². The van der Waals surface area contributed by atoms with Gasteiger partial charge in [-0.3, -0.25) is 20.2 Å². The van der Waals surface area contributed by atoms with Crippen molar-refractivity contribution in [3.63, 3.8) is 0 Å². The van der Waals surface area contributed by atoms with Gasteiger partial charge in [0.05, 0.1) is 6.54 Å². The molecule has 0 radical (unpaired) electrons. The van der Waals surface area contributed by atoms with Crippen LogP contribution in [0.2, 0.25) is 0 Å². The maximum absolute atomic E-state index is 12.1. The van der Waals surface area contributed by atoms with Crippen LogP contribution in [-0.2, 0) is 16.1 Å². The second-order valence-electron chi connectivity index (χ2n) is 7.21. The van der Waals surface area contributed by atoms with Crippen LogP contribution in [-0.4, -0.2) is 29.0 Å². The number of para-hydroxylation sites is 1. The second kappa shape index (κ2) is 7.87. The quantitative estimate of drug-likeness (QED) is 0.506. The van der Waals surface area contributed by atoms with Gasteiger partial charge in [0.15, 0.2) is 0 Å². The molecule has 7 nitrogen and oxygen atoms in total. The van der Waals surface area contributed by atoms with Crippen molar-refractivity contribution >= 4 is 34.8 Å². The van der Waals surface area contributed by atoms with Crippen molar-refractivity contribution in [2.75, 3.05) is 6.61 Å². The Morgan fingerprint density at radius 2 is 1.73 bits per heavy atom. The number of amides is 4. The van der Waals surface area contributed by atoms with E-state index in [2.05, 4.69) is 10.6 Å². The summed E-state index contributed by atoms with van der Waals surface area (Å²) in [6.07, 6.45) is 3.38. The molecule has 2 aromatic carbocycles. The Balaban J connectivity index is 1.60. The largest absolute Gasteiger partial charge is 0.491 e. The smallest absolute Gasteiger partial charge is 0.328 e. The molecule has 0 saturated carbocycles. The minimum atomic E-state index is -0.812. The third-order valence-corrected chi connectivity index (χ3v) is 5.00. The number of fused-ring (bicyclic) bond motifs is 1. The number of hydrogen-bond acceptors (Lipinski definition) is 4. The number of benzene rings is 2. The summed E-state index contributed by atoms with van der Waals surface area (Å²) < 4.78 is 8.00. The van der Waals surface area contributed by atoms with E-state index in [1.54, 1.807) is 0 Å². The van der Waals surface area contributed by atoms with Crippen molar-refractivity contribution in [1.29, 1.82) is 0 Å². The highest BCUT2D eigenvalue weighted by atomic mass is 16.5. The molecular formula is C23H21N3O4. The van der Waals surface area contributed by atoms with Crippen molar-refractivity contribution in [2.24, 2.45) is 0 Å². The number of carbonyl (C=O) groups is 3. The number of rotatable bonds is 5. The first kappa shape index (κ1) is 19.4. The summed E-state index contributed by atoms with van der Waals surface area (Å²) in [5.41, 5.74) is 3.78. The molecule has 1 aromatic heterocycles. The van der Waals surface area contributed by atoms with Crippen molar-refractivity contribution in [2.45, 2.75) is 20.4 Å². The maximum Gasteiger partial charge on any atom is 0.328 e. The summed E-state index contributed by atoms with van der Waals surface area (Å²) in [4.78, 5) is 35.4. The van der Waals surface area contributed by atoms with Crippen molar-refractivity contribution < 1.29 is 19.1 Å². The van der Waals surface area contributed by atoms with E-state index in [0.29, 0.717) is 18.7 Å². The fraction of sp³-hybridized carbons (Fsp3) is 0.174. The summed E-state index contributed by atoms with van der Waals surface area (Å²) in [6.45, 7) is 5.09. The number of imide groups is 2. The first-order valence-electron chi connectivity index (χ1n) is 9.58. The fourth-order valence-corrected chi connectivity index (χ4v) is 3.45. The molecule has 1 fully saturated rings. The molecular weight excluding hydrogens is 382 g/mol. The van der Waals surface area contributed by atoms with Crippen LogP contribution in [0.1, 0.15) is 16.7 Å². The van der Waals surface area contributed by atoms with Gasteiger partial charge in [-0.05, 0) is 43.2 Å². The zero-order chi connectivity index (χ0) is 21.3. The Bertz CT molecular complexity index is 1180. The van der Waals surface area contributed by atoms with E-state index in [4.69, 9.17) is 4.74 Å². The lowest BCUT2D eigenvalue weighted by Crippen LogP contribution is -2.51. The minimum absolute atomic E-state index is 0.107. The van der Waals surface area contributed by atoms with Gasteiger partial charge in [-0.25, -0.2) is 4.79 Å². The first-order valence-corrected chi connectivity index (χ1v) is 9.58. The van der Waals surface area contributed by atoms with Crippen LogP contribution in [0.15, 0.2) is 54.2 Å². The number of aromatic nitrogens is 1. The lowest BCUT2D eigenvalue weighted by atomic mass is 10.1. The first-order chi connectivity index (χ1) is 14.4. The molecule has 152 valence electrons. The number of aryl methyl sites for hydroxylation is 2. The number of urea groups is 1. The third-order valence-electron chi connectivity index (χ3n) is 5.00. The topological polar surface area (TPSA) is 89.4 Å². The van der Waals surface area contributed by atoms with Gasteiger partial charge in [-0.1, -0.05) is 30.3 Å². The Hall–Kier alpha value is -3.87. The molecule has 4 rings (SSSR count). The van der Waals surface area contributed by atoms with Crippen molar-refractivity contribution in [1.82, 2.24) is 15.2 Å². The van der Waals surface area contributed by atoms with Crippen molar-refractivity contribution in [3.8, 4) is 5.75 Å². The van der Waals surface area contributed by atoms with E-state index in [-0.39, 0.29) is 5.57 Å². The van der Waals surface area contributed by atoms with Crippen molar-refractivity contribution in [3.05, 3.63) is 70.9 Å². The van der Waals surface area contributed by atoms with E-state index in [1.807, 2.05) is 67.1 Å². The number of ether oxygens (including phenoxy) is 1. The molecule has 2 N–H and O–H groups in total. The SMILES string of the molecule is Cc1ccc(C)c(OCCn2cc(C=C3C(=O)NC(=O)NC3=O)c3ccccc32)c1. The van der Waals surface area contributed by atoms with E-state index in [0.717, 1.165) is 27.8 Å². The monoisotopic (exact) mass is 403 g/mol. The summed E-state index contributed by atoms with van der Waals surface area (Å²) in [5, 5.41) is 5.08. The molecule has 7 heteroatoms. The highest BCUT2D eigenvalue weighted by Crippen LogP contribution is 2.25. The van der Waals surface area contributed by atoms with Crippen LogP contribution in [0.25, 0.3) is 17.0 Å². The van der Waals surface area contributed by atoms with Gasteiger partial charge in [0, 0.05) is 22.7 Å². The number of barbiturate groups is 1.